The summed E-state index contributed by atoms with van der Waals surface area (Å²) in [5.74, 6) is -0.371. The molecule has 0 heterocycles. The lowest BCUT2D eigenvalue weighted by Gasteiger charge is -2.06. The lowest BCUT2D eigenvalue weighted by Crippen LogP contribution is -2.28. The molecular formula is C14H27NO2. The van der Waals surface area contributed by atoms with Crippen molar-refractivity contribution >= 4 is 5.97 Å². The summed E-state index contributed by atoms with van der Waals surface area (Å²) < 4.78 is 4.93. The minimum atomic E-state index is -0.552. The van der Waals surface area contributed by atoms with Crippen LogP contribution < -0.4 is 5.73 Å². The van der Waals surface area contributed by atoms with E-state index < -0.39 is 6.04 Å². The quantitative estimate of drug-likeness (QED) is 0.825. The van der Waals surface area contributed by atoms with Gasteiger partial charge in [0.25, 0.3) is 0 Å². The van der Waals surface area contributed by atoms with Crippen LogP contribution in [0.25, 0.3) is 0 Å². The Hall–Kier alpha value is -1.35. The number of ether oxygens (including phenoxy) is 1. The Bertz CT molecular complexity index is 276. The van der Waals surface area contributed by atoms with Crippen LogP contribution in [0.4, 0.5) is 0 Å². The van der Waals surface area contributed by atoms with Gasteiger partial charge in [-0.05, 0) is 12.5 Å². The third kappa shape index (κ3) is 9.57. The van der Waals surface area contributed by atoms with Gasteiger partial charge in [-0.25, -0.2) is 0 Å². The zero-order valence-electron chi connectivity index (χ0n) is 11.6. The Morgan fingerprint density at radius 3 is 2.12 bits per heavy atom. The molecule has 0 saturated heterocycles. The van der Waals surface area contributed by atoms with Crippen molar-refractivity contribution in [3.8, 4) is 0 Å². The maximum absolute atomic E-state index is 11.0. The largest absolute Gasteiger partial charge is 0.460 e. The van der Waals surface area contributed by atoms with Crippen LogP contribution in [0.5, 0.6) is 0 Å². The van der Waals surface area contributed by atoms with E-state index >= 15 is 0 Å². The molecule has 1 aromatic rings. The number of benzene rings is 1. The highest BCUT2D eigenvalue weighted by molar-refractivity contribution is 5.74. The monoisotopic (exact) mass is 241 g/mol. The standard InChI is InChI=1S/C10H13NO2.2C2H6.H2/c1-8(11)10(12)13-7-9-5-3-2-4-6-9;2*1-2;/h2-6,8H,7,11H2,1H3;2*1-2H3;1H/t8-;;;/m0.../s1. The fraction of sp³-hybridized carbons (Fsp3) is 0.500. The van der Waals surface area contributed by atoms with E-state index in [1.54, 1.807) is 6.92 Å². The van der Waals surface area contributed by atoms with E-state index in [4.69, 9.17) is 10.5 Å². The molecule has 1 rings (SSSR count). The zero-order valence-corrected chi connectivity index (χ0v) is 11.6. The zero-order chi connectivity index (χ0) is 13.7. The summed E-state index contributed by atoms with van der Waals surface area (Å²) in [5, 5.41) is 0. The second kappa shape index (κ2) is 12.7. The molecule has 0 spiro atoms. The van der Waals surface area contributed by atoms with Gasteiger partial charge in [-0.3, -0.25) is 4.79 Å². The van der Waals surface area contributed by atoms with Crippen molar-refractivity contribution in [3.05, 3.63) is 35.9 Å². The van der Waals surface area contributed by atoms with Crippen LogP contribution in [0.15, 0.2) is 30.3 Å². The SMILES string of the molecule is CC.CC.C[C@H](N)C(=O)OCc1ccccc1.[HH]. The highest BCUT2D eigenvalue weighted by Crippen LogP contribution is 2.00. The van der Waals surface area contributed by atoms with Crippen LogP contribution in [0.1, 0.15) is 41.6 Å². The van der Waals surface area contributed by atoms with Crippen LogP contribution >= 0.6 is 0 Å². The maximum atomic E-state index is 11.0. The third-order valence-corrected chi connectivity index (χ3v) is 1.60. The average Bonchev–Trinajstić information content (AvgIpc) is 2.41. The number of carbonyl (C=O) groups is 1. The van der Waals surface area contributed by atoms with E-state index in [1.165, 1.54) is 0 Å². The van der Waals surface area contributed by atoms with Gasteiger partial charge in [0.1, 0.15) is 12.6 Å². The van der Waals surface area contributed by atoms with E-state index in [-0.39, 0.29) is 7.40 Å². The molecular weight excluding hydrogens is 214 g/mol. The maximum Gasteiger partial charge on any atom is 0.322 e. The molecule has 0 radical (unpaired) electrons. The first-order valence-corrected chi connectivity index (χ1v) is 6.16. The van der Waals surface area contributed by atoms with Gasteiger partial charge in [0.05, 0.1) is 0 Å². The van der Waals surface area contributed by atoms with Crippen molar-refractivity contribution in [1.82, 2.24) is 0 Å². The smallest absolute Gasteiger partial charge is 0.322 e. The molecule has 0 aliphatic heterocycles. The molecule has 1 aromatic carbocycles. The molecule has 0 fully saturated rings. The Kier molecular flexibility index (Phi) is 13.5. The fourth-order valence-corrected chi connectivity index (χ4v) is 0.860. The summed E-state index contributed by atoms with van der Waals surface area (Å²) in [6.07, 6.45) is 0. The van der Waals surface area contributed by atoms with Gasteiger partial charge in [0.2, 0.25) is 0 Å². The fourth-order valence-electron chi connectivity index (χ4n) is 0.860. The first-order valence-electron chi connectivity index (χ1n) is 6.16. The molecule has 17 heavy (non-hydrogen) atoms. The Morgan fingerprint density at radius 1 is 1.24 bits per heavy atom. The third-order valence-electron chi connectivity index (χ3n) is 1.60. The minimum absolute atomic E-state index is 0. The number of hydrogen-bond donors (Lipinski definition) is 1. The van der Waals surface area contributed by atoms with Gasteiger partial charge in [-0.2, -0.15) is 0 Å². The summed E-state index contributed by atoms with van der Waals surface area (Å²) in [6, 6.07) is 8.95. The van der Waals surface area contributed by atoms with Crippen molar-refractivity contribution in [3.63, 3.8) is 0 Å². The first kappa shape index (κ1) is 18.0. The highest BCUT2D eigenvalue weighted by Gasteiger charge is 2.07. The lowest BCUT2D eigenvalue weighted by molar-refractivity contribution is -0.146. The molecule has 2 N–H and O–H groups in total. The molecule has 100 valence electrons. The van der Waals surface area contributed by atoms with Crippen molar-refractivity contribution in [2.45, 2.75) is 47.3 Å². The molecule has 0 aliphatic carbocycles. The molecule has 1 atom stereocenters. The van der Waals surface area contributed by atoms with E-state index in [1.807, 2.05) is 58.0 Å². The number of rotatable bonds is 3. The number of carbonyl (C=O) groups excluding carboxylic acids is 1. The number of hydrogen-bond acceptors (Lipinski definition) is 3. The number of esters is 1. The minimum Gasteiger partial charge on any atom is -0.460 e. The Morgan fingerprint density at radius 2 is 1.71 bits per heavy atom. The second-order valence-electron chi connectivity index (χ2n) is 2.88. The average molecular weight is 241 g/mol. The van der Waals surface area contributed by atoms with Crippen LogP contribution in [0, 0.1) is 0 Å². The summed E-state index contributed by atoms with van der Waals surface area (Å²) in [4.78, 5) is 11.0. The van der Waals surface area contributed by atoms with Crippen molar-refractivity contribution in [2.75, 3.05) is 0 Å². The van der Waals surface area contributed by atoms with Crippen molar-refractivity contribution < 1.29 is 11.0 Å². The molecule has 3 heteroatoms. The summed E-state index contributed by atoms with van der Waals surface area (Å²) in [7, 11) is 0. The van der Waals surface area contributed by atoms with Gasteiger partial charge in [-0.1, -0.05) is 58.0 Å². The van der Waals surface area contributed by atoms with Gasteiger partial charge >= 0.3 is 5.97 Å². The van der Waals surface area contributed by atoms with E-state index in [0.717, 1.165) is 5.56 Å². The lowest BCUT2D eigenvalue weighted by atomic mass is 10.2. The molecule has 0 aromatic heterocycles. The van der Waals surface area contributed by atoms with Gasteiger partial charge < -0.3 is 10.5 Å². The van der Waals surface area contributed by atoms with E-state index in [0.29, 0.717) is 6.61 Å². The van der Waals surface area contributed by atoms with Gasteiger partial charge in [0.15, 0.2) is 0 Å². The molecule has 0 bridgehead atoms. The summed E-state index contributed by atoms with van der Waals surface area (Å²) >= 11 is 0. The van der Waals surface area contributed by atoms with Crippen LogP contribution in [-0.4, -0.2) is 12.0 Å². The second-order valence-corrected chi connectivity index (χ2v) is 2.88. The number of nitrogens with two attached hydrogens (primary N) is 1. The van der Waals surface area contributed by atoms with Crippen LogP contribution in [-0.2, 0) is 16.1 Å². The molecule has 3 nitrogen and oxygen atoms in total. The molecule has 0 unspecified atom stereocenters. The summed E-state index contributed by atoms with van der Waals surface area (Å²) in [6.45, 7) is 9.90. The molecule has 0 amide bonds. The summed E-state index contributed by atoms with van der Waals surface area (Å²) in [5.41, 5.74) is 6.29. The van der Waals surface area contributed by atoms with Crippen LogP contribution in [0.2, 0.25) is 0 Å². The Labute approximate surface area is 106 Å². The van der Waals surface area contributed by atoms with E-state index in [9.17, 15) is 4.79 Å². The Balaban J connectivity index is -0.000000409. The first-order chi connectivity index (χ1) is 8.20. The van der Waals surface area contributed by atoms with Crippen molar-refractivity contribution in [1.29, 1.82) is 0 Å². The van der Waals surface area contributed by atoms with Crippen LogP contribution in [0.3, 0.4) is 0 Å². The normalized spacial score (nSPS) is 10.0. The predicted molar refractivity (Wildman–Crippen MR) is 74.7 cm³/mol. The van der Waals surface area contributed by atoms with E-state index in [2.05, 4.69) is 0 Å². The van der Waals surface area contributed by atoms with Gasteiger partial charge in [-0.15, -0.1) is 0 Å². The highest BCUT2D eigenvalue weighted by atomic mass is 16.5. The van der Waals surface area contributed by atoms with Crippen molar-refractivity contribution in [2.24, 2.45) is 5.73 Å². The predicted octanol–water partition coefficient (Wildman–Crippen LogP) is 3.38. The topological polar surface area (TPSA) is 52.3 Å². The van der Waals surface area contributed by atoms with Gasteiger partial charge in [0, 0.05) is 1.43 Å². The molecule has 0 saturated carbocycles. The molecule has 0 aliphatic rings.